The lowest BCUT2D eigenvalue weighted by Crippen LogP contribution is -2.25. The molecule has 1 aromatic rings. The Kier molecular flexibility index (Phi) is 2.62. The summed E-state index contributed by atoms with van der Waals surface area (Å²) in [5, 5.41) is 13.4. The minimum Gasteiger partial charge on any atom is -0.281 e. The minimum absolute atomic E-state index is 0.289. The van der Waals surface area contributed by atoms with Gasteiger partial charge >= 0.3 is 0 Å². The van der Waals surface area contributed by atoms with Crippen molar-refractivity contribution in [2.45, 2.75) is 13.3 Å². The fourth-order valence-corrected chi connectivity index (χ4v) is 1.29. The van der Waals surface area contributed by atoms with Gasteiger partial charge in [-0.3, -0.25) is 10.0 Å². The predicted molar refractivity (Wildman–Crippen MR) is 43.9 cm³/mol. The van der Waals surface area contributed by atoms with Gasteiger partial charge in [0, 0.05) is 11.8 Å². The Morgan fingerprint density at radius 2 is 2.55 bits per heavy atom. The highest BCUT2D eigenvalue weighted by Gasteiger charge is 2.09. The molecule has 0 radical (unpaired) electrons. The van der Waals surface area contributed by atoms with Crippen molar-refractivity contribution in [2.24, 2.45) is 0 Å². The maximum atomic E-state index is 10.9. The fourth-order valence-electron chi connectivity index (χ4n) is 0.672. The monoisotopic (exact) mass is 171 g/mol. The number of amides is 1. The number of hydrogen-bond donors (Lipinski definition) is 1. The maximum Gasteiger partial charge on any atom is 0.250 e. The number of hydroxylamine groups is 1. The molecule has 1 aromatic heterocycles. The van der Waals surface area contributed by atoms with E-state index in [-0.39, 0.29) is 5.91 Å². The van der Waals surface area contributed by atoms with Crippen molar-refractivity contribution >= 4 is 22.9 Å². The van der Waals surface area contributed by atoms with Crippen LogP contribution in [0.2, 0.25) is 0 Å². The molecule has 1 heterocycles. The first kappa shape index (κ1) is 8.23. The van der Waals surface area contributed by atoms with Gasteiger partial charge in [-0.15, -0.1) is 0 Å². The third-order valence-corrected chi connectivity index (χ3v) is 1.96. The zero-order chi connectivity index (χ0) is 8.27. The summed E-state index contributed by atoms with van der Waals surface area (Å²) in [6, 6.07) is 1.69. The molecular weight excluding hydrogens is 162 g/mol. The normalized spacial score (nSPS) is 9.64. The van der Waals surface area contributed by atoms with E-state index in [4.69, 9.17) is 5.21 Å². The van der Waals surface area contributed by atoms with Crippen molar-refractivity contribution in [3.63, 3.8) is 0 Å². The highest BCUT2D eigenvalue weighted by atomic mass is 32.1. The van der Waals surface area contributed by atoms with Gasteiger partial charge in [-0.2, -0.15) is 16.4 Å². The van der Waals surface area contributed by atoms with Crippen LogP contribution in [-0.2, 0) is 4.79 Å². The summed E-state index contributed by atoms with van der Waals surface area (Å²) in [6.07, 6.45) is 0.312. The van der Waals surface area contributed by atoms with Crippen LogP contribution in [0, 0.1) is 0 Å². The van der Waals surface area contributed by atoms with Gasteiger partial charge in [-0.05, 0) is 11.4 Å². The lowest BCUT2D eigenvalue weighted by molar-refractivity contribution is -0.123. The quantitative estimate of drug-likeness (QED) is 0.545. The van der Waals surface area contributed by atoms with Gasteiger partial charge in [-0.25, -0.2) is 0 Å². The van der Waals surface area contributed by atoms with E-state index < -0.39 is 0 Å². The fraction of sp³-hybridized carbons (Fsp3) is 0.286. The van der Waals surface area contributed by atoms with Crippen molar-refractivity contribution < 1.29 is 10.0 Å². The van der Waals surface area contributed by atoms with Crippen LogP contribution in [0.4, 0.5) is 5.69 Å². The van der Waals surface area contributed by atoms with Gasteiger partial charge < -0.3 is 0 Å². The first-order valence-electron chi connectivity index (χ1n) is 3.29. The first-order chi connectivity index (χ1) is 5.25. The number of carbonyl (C=O) groups excluding carboxylic acids is 1. The van der Waals surface area contributed by atoms with Gasteiger partial charge in [0.15, 0.2) is 0 Å². The summed E-state index contributed by atoms with van der Waals surface area (Å²) in [4.78, 5) is 10.9. The molecule has 0 atom stereocenters. The Morgan fingerprint density at radius 1 is 1.82 bits per heavy atom. The van der Waals surface area contributed by atoms with Crippen LogP contribution in [0.3, 0.4) is 0 Å². The van der Waals surface area contributed by atoms with E-state index in [1.807, 2.05) is 5.38 Å². The molecule has 1 amide bonds. The molecule has 11 heavy (non-hydrogen) atoms. The van der Waals surface area contributed by atoms with E-state index in [2.05, 4.69) is 0 Å². The van der Waals surface area contributed by atoms with Gasteiger partial charge in [-0.1, -0.05) is 6.92 Å². The molecule has 0 saturated carbocycles. The number of nitrogens with zero attached hydrogens (tertiary/aromatic N) is 1. The zero-order valence-corrected chi connectivity index (χ0v) is 6.97. The maximum absolute atomic E-state index is 10.9. The second-order valence-electron chi connectivity index (χ2n) is 2.04. The molecule has 0 spiro atoms. The smallest absolute Gasteiger partial charge is 0.250 e. The number of carbonyl (C=O) groups is 1. The standard InChI is InChI=1S/C7H9NO2S/c1-2-7(9)8(10)6-3-4-11-5-6/h3-5,10H,2H2,1H3. The summed E-state index contributed by atoms with van der Waals surface area (Å²) in [5.74, 6) is -0.289. The Labute approximate surface area is 68.8 Å². The van der Waals surface area contributed by atoms with Crippen LogP contribution < -0.4 is 5.06 Å². The Balaban J connectivity index is 2.70. The number of thiophene rings is 1. The third kappa shape index (κ3) is 1.78. The molecule has 0 aliphatic rings. The zero-order valence-electron chi connectivity index (χ0n) is 6.15. The summed E-state index contributed by atoms with van der Waals surface area (Å²) in [5.41, 5.74) is 0.543. The second-order valence-corrected chi connectivity index (χ2v) is 2.82. The summed E-state index contributed by atoms with van der Waals surface area (Å²) in [7, 11) is 0. The van der Waals surface area contributed by atoms with E-state index in [1.165, 1.54) is 11.3 Å². The molecule has 1 N–H and O–H groups in total. The van der Waals surface area contributed by atoms with Gasteiger partial charge in [0.05, 0.1) is 5.69 Å². The summed E-state index contributed by atoms with van der Waals surface area (Å²) >= 11 is 1.44. The van der Waals surface area contributed by atoms with Crippen molar-refractivity contribution in [2.75, 3.05) is 5.06 Å². The Morgan fingerprint density at radius 3 is 3.00 bits per heavy atom. The van der Waals surface area contributed by atoms with Crippen LogP contribution in [-0.4, -0.2) is 11.1 Å². The molecule has 4 heteroatoms. The van der Waals surface area contributed by atoms with Gasteiger partial charge in [0.25, 0.3) is 0 Å². The van der Waals surface area contributed by atoms with Gasteiger partial charge in [0.1, 0.15) is 0 Å². The molecule has 60 valence electrons. The van der Waals surface area contributed by atoms with E-state index in [0.29, 0.717) is 17.2 Å². The summed E-state index contributed by atoms with van der Waals surface area (Å²) in [6.45, 7) is 1.71. The van der Waals surface area contributed by atoms with Crippen molar-refractivity contribution in [1.29, 1.82) is 0 Å². The molecule has 1 rings (SSSR count). The Bertz CT molecular complexity index is 233. The van der Waals surface area contributed by atoms with Crippen molar-refractivity contribution in [3.8, 4) is 0 Å². The molecule has 3 nitrogen and oxygen atoms in total. The summed E-state index contributed by atoms with van der Waals surface area (Å²) < 4.78 is 0. The van der Waals surface area contributed by atoms with E-state index in [1.54, 1.807) is 18.4 Å². The molecule has 0 bridgehead atoms. The van der Waals surface area contributed by atoms with Gasteiger partial charge in [0.2, 0.25) is 5.91 Å². The number of hydrogen-bond acceptors (Lipinski definition) is 3. The molecule has 0 aliphatic heterocycles. The number of anilines is 1. The van der Waals surface area contributed by atoms with Crippen LogP contribution in [0.5, 0.6) is 0 Å². The topological polar surface area (TPSA) is 40.5 Å². The predicted octanol–water partition coefficient (Wildman–Crippen LogP) is 1.88. The third-order valence-electron chi connectivity index (χ3n) is 1.29. The molecule has 0 aliphatic carbocycles. The highest BCUT2D eigenvalue weighted by Crippen LogP contribution is 2.16. The molecule has 0 unspecified atom stereocenters. The van der Waals surface area contributed by atoms with Crippen molar-refractivity contribution in [1.82, 2.24) is 0 Å². The largest absolute Gasteiger partial charge is 0.281 e. The van der Waals surface area contributed by atoms with Crippen LogP contribution in [0.25, 0.3) is 0 Å². The highest BCUT2D eigenvalue weighted by molar-refractivity contribution is 7.08. The van der Waals surface area contributed by atoms with Crippen LogP contribution in [0.15, 0.2) is 16.8 Å². The second kappa shape index (κ2) is 3.50. The lowest BCUT2D eigenvalue weighted by atomic mass is 10.4. The first-order valence-corrected chi connectivity index (χ1v) is 4.24. The molecule has 0 fully saturated rings. The Hall–Kier alpha value is -0.870. The lowest BCUT2D eigenvalue weighted by Gasteiger charge is -2.10. The van der Waals surface area contributed by atoms with E-state index in [9.17, 15) is 4.79 Å². The average Bonchev–Trinajstić information content (AvgIpc) is 2.53. The molecule has 0 aromatic carbocycles. The van der Waals surface area contributed by atoms with E-state index >= 15 is 0 Å². The minimum atomic E-state index is -0.289. The molecule has 0 saturated heterocycles. The van der Waals surface area contributed by atoms with Crippen LogP contribution >= 0.6 is 11.3 Å². The molecular formula is C7H9NO2S. The van der Waals surface area contributed by atoms with E-state index in [0.717, 1.165) is 0 Å². The number of rotatable bonds is 2. The SMILES string of the molecule is CCC(=O)N(O)c1ccsc1. The van der Waals surface area contributed by atoms with Crippen LogP contribution in [0.1, 0.15) is 13.3 Å². The average molecular weight is 171 g/mol. The van der Waals surface area contributed by atoms with Crippen molar-refractivity contribution in [3.05, 3.63) is 16.8 Å².